The van der Waals surface area contributed by atoms with Crippen molar-refractivity contribution in [3.05, 3.63) is 45.0 Å². The number of unbranched alkanes of at least 4 members (excludes halogenated alkanes) is 1. The van der Waals surface area contributed by atoms with E-state index in [0.29, 0.717) is 22.9 Å². The summed E-state index contributed by atoms with van der Waals surface area (Å²) in [5.74, 6) is 0.128. The standard InChI is InChI=1S/C15H18Cl2O3S/c1-2-3-9-21(18,19)15-6-4-5-14(20-15)11-7-8-12(16)13(17)10-11/h6-8,10,14H,2-5,9H2,1H3. The third-order valence-corrected chi connectivity index (χ3v) is 5.83. The van der Waals surface area contributed by atoms with Crippen molar-refractivity contribution < 1.29 is 13.2 Å². The zero-order chi connectivity index (χ0) is 15.5. The predicted octanol–water partition coefficient (Wildman–Crippen LogP) is 4.90. The second-order valence-corrected chi connectivity index (χ2v) is 7.91. The van der Waals surface area contributed by atoms with Gasteiger partial charge in [-0.1, -0.05) is 42.6 Å². The summed E-state index contributed by atoms with van der Waals surface area (Å²) in [4.78, 5) is 0. The summed E-state index contributed by atoms with van der Waals surface area (Å²) in [6.45, 7) is 1.96. The minimum Gasteiger partial charge on any atom is -0.475 e. The maximum atomic E-state index is 12.2. The van der Waals surface area contributed by atoms with Gasteiger partial charge in [0.2, 0.25) is 14.9 Å². The number of hydrogen-bond donors (Lipinski definition) is 0. The first-order valence-corrected chi connectivity index (χ1v) is 9.39. The Morgan fingerprint density at radius 3 is 2.71 bits per heavy atom. The van der Waals surface area contributed by atoms with E-state index < -0.39 is 9.84 Å². The van der Waals surface area contributed by atoms with E-state index >= 15 is 0 Å². The van der Waals surface area contributed by atoms with Crippen molar-refractivity contribution in [1.82, 2.24) is 0 Å². The van der Waals surface area contributed by atoms with Crippen LogP contribution in [0.3, 0.4) is 0 Å². The highest BCUT2D eigenvalue weighted by Crippen LogP contribution is 2.35. The molecule has 0 aliphatic carbocycles. The lowest BCUT2D eigenvalue weighted by molar-refractivity contribution is 0.113. The molecule has 1 aromatic rings. The fraction of sp³-hybridized carbons (Fsp3) is 0.467. The number of sulfone groups is 1. The maximum absolute atomic E-state index is 12.2. The number of hydrogen-bond acceptors (Lipinski definition) is 3. The van der Waals surface area contributed by atoms with Gasteiger partial charge in [0.15, 0.2) is 0 Å². The van der Waals surface area contributed by atoms with Crippen molar-refractivity contribution >= 4 is 33.0 Å². The van der Waals surface area contributed by atoms with E-state index in [4.69, 9.17) is 27.9 Å². The van der Waals surface area contributed by atoms with E-state index in [1.165, 1.54) is 0 Å². The second kappa shape index (κ2) is 7.03. The van der Waals surface area contributed by atoms with Crippen LogP contribution in [0.5, 0.6) is 0 Å². The maximum Gasteiger partial charge on any atom is 0.210 e. The lowest BCUT2D eigenvalue weighted by Crippen LogP contribution is -2.17. The molecule has 0 spiro atoms. The number of rotatable bonds is 5. The van der Waals surface area contributed by atoms with Crippen LogP contribution < -0.4 is 0 Å². The summed E-state index contributed by atoms with van der Waals surface area (Å²) in [7, 11) is -3.32. The lowest BCUT2D eigenvalue weighted by atomic mass is 10.0. The Morgan fingerprint density at radius 1 is 1.29 bits per heavy atom. The zero-order valence-electron chi connectivity index (χ0n) is 11.8. The van der Waals surface area contributed by atoms with E-state index in [0.717, 1.165) is 18.4 Å². The monoisotopic (exact) mass is 348 g/mol. The van der Waals surface area contributed by atoms with Gasteiger partial charge in [0.05, 0.1) is 15.8 Å². The molecule has 6 heteroatoms. The van der Waals surface area contributed by atoms with E-state index in [2.05, 4.69) is 0 Å². The number of halogens is 2. The number of ether oxygens (including phenoxy) is 1. The highest BCUT2D eigenvalue weighted by molar-refractivity contribution is 7.95. The molecular formula is C15H18Cl2O3S. The van der Waals surface area contributed by atoms with Crippen LogP contribution in [0.15, 0.2) is 29.4 Å². The Hall–Kier alpha value is -0.710. The molecule has 0 bridgehead atoms. The van der Waals surface area contributed by atoms with Crippen LogP contribution in [0.2, 0.25) is 10.0 Å². The van der Waals surface area contributed by atoms with Crippen molar-refractivity contribution in [2.75, 3.05) is 5.75 Å². The molecule has 1 aliphatic rings. The molecule has 1 aliphatic heterocycles. The summed E-state index contributed by atoms with van der Waals surface area (Å²) >= 11 is 11.9. The average Bonchev–Trinajstić information content (AvgIpc) is 2.48. The normalized spacial score (nSPS) is 19.0. The van der Waals surface area contributed by atoms with Crippen LogP contribution in [0.1, 0.15) is 44.3 Å². The molecule has 0 fully saturated rings. The molecule has 0 radical (unpaired) electrons. The molecule has 3 nitrogen and oxygen atoms in total. The summed E-state index contributed by atoms with van der Waals surface area (Å²) in [6.07, 6.45) is 4.25. The Morgan fingerprint density at radius 2 is 2.05 bits per heavy atom. The molecule has 0 saturated heterocycles. The second-order valence-electron chi connectivity index (χ2n) is 5.05. The van der Waals surface area contributed by atoms with Gasteiger partial charge in [0, 0.05) is 0 Å². The zero-order valence-corrected chi connectivity index (χ0v) is 14.1. The van der Waals surface area contributed by atoms with Crippen LogP contribution in [0.4, 0.5) is 0 Å². The van der Waals surface area contributed by atoms with Gasteiger partial charge < -0.3 is 4.74 Å². The first-order valence-electron chi connectivity index (χ1n) is 6.98. The Labute approximate surface area is 135 Å². The Bertz CT molecular complexity index is 638. The third kappa shape index (κ3) is 4.15. The summed E-state index contributed by atoms with van der Waals surface area (Å²) in [5.41, 5.74) is 0.848. The highest BCUT2D eigenvalue weighted by Gasteiger charge is 2.27. The minimum atomic E-state index is -3.32. The molecule has 1 unspecified atom stereocenters. The van der Waals surface area contributed by atoms with E-state index in [-0.39, 0.29) is 16.9 Å². The van der Waals surface area contributed by atoms with Crippen molar-refractivity contribution in [1.29, 1.82) is 0 Å². The van der Waals surface area contributed by atoms with Gasteiger partial charge >= 0.3 is 0 Å². The van der Waals surface area contributed by atoms with Gasteiger partial charge in [-0.2, -0.15) is 0 Å². The molecule has 1 heterocycles. The van der Waals surface area contributed by atoms with Crippen LogP contribution in [-0.4, -0.2) is 14.2 Å². The molecule has 116 valence electrons. The SMILES string of the molecule is CCCCS(=O)(=O)C1=CCCC(c2ccc(Cl)c(Cl)c2)O1. The molecule has 0 saturated carbocycles. The van der Waals surface area contributed by atoms with Crippen LogP contribution in [0.25, 0.3) is 0 Å². The number of benzene rings is 1. The number of allylic oxidation sites excluding steroid dienone is 1. The van der Waals surface area contributed by atoms with E-state index in [1.807, 2.05) is 13.0 Å². The molecule has 2 rings (SSSR count). The van der Waals surface area contributed by atoms with E-state index in [9.17, 15) is 8.42 Å². The average molecular weight is 349 g/mol. The lowest BCUT2D eigenvalue weighted by Gasteiger charge is -2.25. The first kappa shape index (κ1) is 16.7. The Balaban J connectivity index is 2.16. The quantitative estimate of drug-likeness (QED) is 0.759. The molecule has 1 atom stereocenters. The Kier molecular flexibility index (Phi) is 5.58. The first-order chi connectivity index (χ1) is 9.94. The molecule has 1 aromatic carbocycles. The molecule has 21 heavy (non-hydrogen) atoms. The molecule has 0 aromatic heterocycles. The van der Waals surface area contributed by atoms with Crippen LogP contribution in [0, 0.1) is 0 Å². The topological polar surface area (TPSA) is 43.4 Å². The predicted molar refractivity (Wildman–Crippen MR) is 86.3 cm³/mol. The molecular weight excluding hydrogens is 331 g/mol. The van der Waals surface area contributed by atoms with Crippen molar-refractivity contribution in [2.24, 2.45) is 0 Å². The van der Waals surface area contributed by atoms with Crippen LogP contribution >= 0.6 is 23.2 Å². The van der Waals surface area contributed by atoms with Gasteiger partial charge in [0.25, 0.3) is 0 Å². The summed E-state index contributed by atoms with van der Waals surface area (Å²) < 4.78 is 30.1. The summed E-state index contributed by atoms with van der Waals surface area (Å²) in [6, 6.07) is 5.25. The molecule has 0 N–H and O–H groups in total. The van der Waals surface area contributed by atoms with Crippen molar-refractivity contribution in [3.8, 4) is 0 Å². The van der Waals surface area contributed by atoms with Crippen LogP contribution in [-0.2, 0) is 14.6 Å². The smallest absolute Gasteiger partial charge is 0.210 e. The van der Waals surface area contributed by atoms with E-state index in [1.54, 1.807) is 18.2 Å². The fourth-order valence-corrected chi connectivity index (χ4v) is 3.99. The van der Waals surface area contributed by atoms with Gasteiger partial charge in [-0.3, -0.25) is 0 Å². The largest absolute Gasteiger partial charge is 0.475 e. The van der Waals surface area contributed by atoms with Crippen molar-refractivity contribution in [2.45, 2.75) is 38.7 Å². The van der Waals surface area contributed by atoms with Gasteiger partial charge in [-0.25, -0.2) is 8.42 Å². The third-order valence-electron chi connectivity index (χ3n) is 3.39. The fourth-order valence-electron chi connectivity index (χ4n) is 2.18. The van der Waals surface area contributed by atoms with Gasteiger partial charge in [-0.05, 0) is 43.0 Å². The highest BCUT2D eigenvalue weighted by atomic mass is 35.5. The molecule has 0 amide bonds. The van der Waals surface area contributed by atoms with Gasteiger partial charge in [-0.15, -0.1) is 0 Å². The summed E-state index contributed by atoms with van der Waals surface area (Å²) in [5, 5.41) is 1.02. The van der Waals surface area contributed by atoms with Gasteiger partial charge in [0.1, 0.15) is 6.10 Å². The minimum absolute atomic E-state index is 0.0956. The van der Waals surface area contributed by atoms with Crippen molar-refractivity contribution in [3.63, 3.8) is 0 Å².